The molecule has 2 atom stereocenters. The van der Waals surface area contributed by atoms with Crippen LogP contribution in [0.25, 0.3) is 0 Å². The third-order valence-corrected chi connectivity index (χ3v) is 3.49. The maximum atomic E-state index is 12.2. The van der Waals surface area contributed by atoms with Crippen molar-refractivity contribution in [3.05, 3.63) is 48.6 Å². The predicted molar refractivity (Wildman–Crippen MR) is 82.4 cm³/mol. The first-order valence-corrected chi connectivity index (χ1v) is 7.30. The number of carbonyl (C=O) groups excluding carboxylic acids is 1. The average Bonchev–Trinajstić information content (AvgIpc) is 2.98. The molecule has 0 radical (unpaired) electrons. The van der Waals surface area contributed by atoms with Gasteiger partial charge in [-0.2, -0.15) is 5.48 Å². The van der Waals surface area contributed by atoms with E-state index in [2.05, 4.69) is 12.1 Å². The van der Waals surface area contributed by atoms with Gasteiger partial charge < -0.3 is 9.84 Å². The molecule has 0 spiro atoms. The van der Waals surface area contributed by atoms with Crippen LogP contribution in [0.2, 0.25) is 0 Å². The van der Waals surface area contributed by atoms with Crippen LogP contribution in [-0.4, -0.2) is 47.3 Å². The summed E-state index contributed by atoms with van der Waals surface area (Å²) in [7, 11) is 0. The highest BCUT2D eigenvalue weighted by molar-refractivity contribution is 5.81. The Labute approximate surface area is 134 Å². The average molecular weight is 320 g/mol. The number of nitrogens with one attached hydrogen (secondary N) is 1. The number of rotatable bonds is 7. The number of benzene rings is 1. The Balaban J connectivity index is 1.90. The van der Waals surface area contributed by atoms with E-state index in [4.69, 9.17) is 9.57 Å². The van der Waals surface area contributed by atoms with Crippen LogP contribution in [-0.2, 0) is 21.0 Å². The van der Waals surface area contributed by atoms with Gasteiger partial charge >= 0.3 is 12.1 Å². The summed E-state index contributed by atoms with van der Waals surface area (Å²) in [6.07, 6.45) is 0.722. The molecule has 1 fully saturated rings. The molecule has 0 aromatic heterocycles. The summed E-state index contributed by atoms with van der Waals surface area (Å²) >= 11 is 0. The van der Waals surface area contributed by atoms with E-state index in [1.54, 1.807) is 6.08 Å². The maximum absolute atomic E-state index is 12.2. The van der Waals surface area contributed by atoms with Crippen molar-refractivity contribution in [1.82, 2.24) is 10.4 Å². The van der Waals surface area contributed by atoms with Gasteiger partial charge in [0.15, 0.2) is 0 Å². The predicted octanol–water partition coefficient (Wildman–Crippen LogP) is 1.56. The molecule has 7 heteroatoms. The van der Waals surface area contributed by atoms with Crippen LogP contribution in [0, 0.1) is 0 Å². The van der Waals surface area contributed by atoms with Crippen molar-refractivity contribution in [2.24, 2.45) is 0 Å². The molecular formula is C16H20N2O5. The number of carboxylic acid groups (broad SMARTS) is 1. The molecule has 1 aromatic rings. The second kappa shape index (κ2) is 8.30. The summed E-state index contributed by atoms with van der Waals surface area (Å²) in [4.78, 5) is 29.7. The van der Waals surface area contributed by atoms with Crippen LogP contribution in [0.1, 0.15) is 12.0 Å². The normalized spacial score (nSPS) is 20.3. The molecule has 23 heavy (non-hydrogen) atoms. The zero-order valence-corrected chi connectivity index (χ0v) is 12.7. The molecule has 124 valence electrons. The smallest absolute Gasteiger partial charge is 0.408 e. The Morgan fingerprint density at radius 2 is 2.13 bits per heavy atom. The third kappa shape index (κ3) is 4.80. The highest BCUT2D eigenvalue weighted by Crippen LogP contribution is 2.20. The number of amides is 1. The third-order valence-electron chi connectivity index (χ3n) is 3.49. The molecule has 1 aliphatic heterocycles. The molecular weight excluding hydrogens is 300 g/mol. The van der Waals surface area contributed by atoms with Gasteiger partial charge in [0.25, 0.3) is 0 Å². The zero-order chi connectivity index (χ0) is 16.7. The topological polar surface area (TPSA) is 88.1 Å². The number of hydrogen-bond acceptors (Lipinski definition) is 5. The molecule has 1 aliphatic rings. The van der Waals surface area contributed by atoms with Gasteiger partial charge in [-0.25, -0.2) is 9.59 Å². The molecule has 1 amide bonds. The summed E-state index contributed by atoms with van der Waals surface area (Å²) in [5, 5.41) is 9.24. The van der Waals surface area contributed by atoms with E-state index < -0.39 is 18.1 Å². The Kier molecular flexibility index (Phi) is 6.13. The van der Waals surface area contributed by atoms with Crippen molar-refractivity contribution >= 4 is 12.1 Å². The van der Waals surface area contributed by atoms with E-state index in [9.17, 15) is 14.7 Å². The van der Waals surface area contributed by atoms with Crippen molar-refractivity contribution in [1.29, 1.82) is 0 Å². The first-order valence-electron chi connectivity index (χ1n) is 7.30. The van der Waals surface area contributed by atoms with Crippen LogP contribution >= 0.6 is 0 Å². The van der Waals surface area contributed by atoms with Gasteiger partial charge in [0.2, 0.25) is 0 Å². The number of hydrogen-bond donors (Lipinski definition) is 2. The molecule has 2 rings (SSSR count). The van der Waals surface area contributed by atoms with E-state index in [1.807, 2.05) is 30.3 Å². The van der Waals surface area contributed by atoms with Gasteiger partial charge in [-0.1, -0.05) is 36.4 Å². The molecule has 7 nitrogen and oxygen atoms in total. The van der Waals surface area contributed by atoms with Gasteiger partial charge in [-0.3, -0.25) is 9.74 Å². The van der Waals surface area contributed by atoms with Crippen LogP contribution in [0.15, 0.2) is 43.0 Å². The second-order valence-electron chi connectivity index (χ2n) is 5.19. The van der Waals surface area contributed by atoms with Crippen LogP contribution < -0.4 is 5.48 Å². The fourth-order valence-electron chi connectivity index (χ4n) is 2.41. The number of ether oxygens (including phenoxy) is 1. The molecule has 0 unspecified atom stereocenters. The summed E-state index contributed by atoms with van der Waals surface area (Å²) in [5.74, 6) is -0.552. The van der Waals surface area contributed by atoms with Gasteiger partial charge in [-0.15, -0.1) is 6.58 Å². The Hall–Kier alpha value is -2.38. The van der Waals surface area contributed by atoms with E-state index in [0.29, 0.717) is 13.0 Å². The Bertz CT molecular complexity index is 549. The maximum Gasteiger partial charge on any atom is 0.408 e. The molecule has 0 bridgehead atoms. The monoisotopic (exact) mass is 320 g/mol. The number of nitrogens with zero attached hydrogens (tertiary/aromatic N) is 1. The van der Waals surface area contributed by atoms with E-state index >= 15 is 0 Å². The first-order chi connectivity index (χ1) is 11.1. The van der Waals surface area contributed by atoms with Crippen molar-refractivity contribution in [3.63, 3.8) is 0 Å². The molecule has 0 aliphatic carbocycles. The number of carbonyl (C=O) groups is 2. The van der Waals surface area contributed by atoms with Crippen molar-refractivity contribution in [3.8, 4) is 0 Å². The number of esters is 1. The van der Waals surface area contributed by atoms with Crippen LogP contribution in [0.3, 0.4) is 0 Å². The van der Waals surface area contributed by atoms with Gasteiger partial charge in [0.05, 0.1) is 12.6 Å². The lowest BCUT2D eigenvalue weighted by molar-refractivity contribution is -0.149. The lowest BCUT2D eigenvalue weighted by Gasteiger charge is -2.19. The molecule has 1 saturated heterocycles. The Morgan fingerprint density at radius 1 is 1.39 bits per heavy atom. The van der Waals surface area contributed by atoms with Gasteiger partial charge in [0, 0.05) is 6.54 Å². The largest absolute Gasteiger partial charge is 0.465 e. The summed E-state index contributed by atoms with van der Waals surface area (Å²) in [6.45, 7) is 4.10. The highest BCUT2D eigenvalue weighted by Gasteiger charge is 2.40. The van der Waals surface area contributed by atoms with Crippen molar-refractivity contribution in [2.45, 2.75) is 25.1 Å². The zero-order valence-electron chi connectivity index (χ0n) is 12.7. The molecule has 1 heterocycles. The quantitative estimate of drug-likeness (QED) is 0.343. The van der Waals surface area contributed by atoms with Crippen molar-refractivity contribution in [2.75, 3.05) is 13.2 Å². The highest BCUT2D eigenvalue weighted by atomic mass is 16.6. The van der Waals surface area contributed by atoms with Gasteiger partial charge in [0.1, 0.15) is 12.6 Å². The summed E-state index contributed by atoms with van der Waals surface area (Å²) in [5.41, 5.74) is 3.59. The minimum atomic E-state index is -1.15. The lowest BCUT2D eigenvalue weighted by Crippen LogP contribution is -2.41. The van der Waals surface area contributed by atoms with E-state index in [0.717, 1.165) is 10.5 Å². The molecule has 0 saturated carbocycles. The SMILES string of the molecule is C=CCON[C@H]1C[C@H](C(=O)OCc2ccccc2)N(C(=O)O)C1. The fraction of sp³-hybridized carbons (Fsp3) is 0.375. The minimum Gasteiger partial charge on any atom is -0.465 e. The first kappa shape index (κ1) is 17.0. The minimum absolute atomic E-state index is 0.120. The fourth-order valence-corrected chi connectivity index (χ4v) is 2.41. The Morgan fingerprint density at radius 3 is 2.78 bits per heavy atom. The van der Waals surface area contributed by atoms with Crippen LogP contribution in [0.4, 0.5) is 4.79 Å². The van der Waals surface area contributed by atoms with E-state index in [1.165, 1.54) is 0 Å². The van der Waals surface area contributed by atoms with Gasteiger partial charge in [-0.05, 0) is 12.0 Å². The second-order valence-corrected chi connectivity index (χ2v) is 5.19. The summed E-state index contributed by atoms with van der Waals surface area (Å²) < 4.78 is 5.24. The van der Waals surface area contributed by atoms with Crippen LogP contribution in [0.5, 0.6) is 0 Å². The van der Waals surface area contributed by atoms with E-state index in [-0.39, 0.29) is 19.2 Å². The molecule has 1 aromatic carbocycles. The summed E-state index contributed by atoms with van der Waals surface area (Å²) in [6, 6.07) is 8.14. The molecule has 2 N–H and O–H groups in total. The number of hydroxylamine groups is 1. The standard InChI is InChI=1S/C16H20N2O5/c1-2-8-23-17-13-9-14(18(10-13)16(20)21)15(19)22-11-12-6-4-3-5-7-12/h2-7,13-14,17H,1,8-11H2,(H,20,21)/t13-,14+/m0/s1. The van der Waals surface area contributed by atoms with Crippen molar-refractivity contribution < 1.29 is 24.3 Å². The lowest BCUT2D eigenvalue weighted by atomic mass is 10.2. The number of likely N-dealkylation sites (tertiary alicyclic amines) is 1.